The Hall–Kier alpha value is -2.86. The van der Waals surface area contributed by atoms with Crippen LogP contribution in [0.25, 0.3) is 20.4 Å². The van der Waals surface area contributed by atoms with Crippen molar-refractivity contribution < 1.29 is 0 Å². The topological polar surface area (TPSA) is 60.7 Å². The molecule has 0 spiro atoms. The predicted molar refractivity (Wildman–Crippen MR) is 106 cm³/mol. The number of thiophene rings is 1. The molecule has 26 heavy (non-hydrogen) atoms. The monoisotopic (exact) mass is 362 g/mol. The molecular formula is C20H18N4OS. The van der Waals surface area contributed by atoms with Gasteiger partial charge in [0.25, 0.3) is 5.56 Å². The lowest BCUT2D eigenvalue weighted by atomic mass is 10.1. The molecule has 0 N–H and O–H groups in total. The van der Waals surface area contributed by atoms with E-state index in [1.165, 1.54) is 11.3 Å². The third-order valence-electron chi connectivity index (χ3n) is 4.18. The van der Waals surface area contributed by atoms with Crippen LogP contribution in [-0.4, -0.2) is 19.5 Å². The Bertz CT molecular complexity index is 1190. The summed E-state index contributed by atoms with van der Waals surface area (Å²) >= 11 is 1.39. The fourth-order valence-corrected chi connectivity index (χ4v) is 4.19. The van der Waals surface area contributed by atoms with E-state index in [9.17, 15) is 4.79 Å². The van der Waals surface area contributed by atoms with Crippen molar-refractivity contribution in [1.29, 1.82) is 0 Å². The van der Waals surface area contributed by atoms with Crippen LogP contribution in [0.5, 0.6) is 0 Å². The van der Waals surface area contributed by atoms with Crippen LogP contribution in [0.1, 0.15) is 24.0 Å². The minimum atomic E-state index is -0.0509. The third-order valence-corrected chi connectivity index (χ3v) is 5.24. The quantitative estimate of drug-likeness (QED) is 0.517. The van der Waals surface area contributed by atoms with Gasteiger partial charge >= 0.3 is 0 Å². The van der Waals surface area contributed by atoms with Crippen LogP contribution in [-0.2, 0) is 13.0 Å². The summed E-state index contributed by atoms with van der Waals surface area (Å²) < 4.78 is 2.21. The van der Waals surface area contributed by atoms with Gasteiger partial charge in [-0.15, -0.1) is 11.3 Å². The van der Waals surface area contributed by atoms with Gasteiger partial charge in [-0.2, -0.15) is 0 Å². The molecule has 0 aliphatic rings. The second kappa shape index (κ2) is 6.46. The summed E-state index contributed by atoms with van der Waals surface area (Å²) in [6, 6.07) is 10.1. The highest BCUT2D eigenvalue weighted by Crippen LogP contribution is 2.31. The highest BCUT2D eigenvalue weighted by molar-refractivity contribution is 7.25. The number of nitrogens with zero attached hydrogens (tertiary/aromatic N) is 4. The molecule has 3 heterocycles. The molecule has 0 aliphatic carbocycles. The predicted octanol–water partition coefficient (Wildman–Crippen LogP) is 3.88. The molecule has 5 nitrogen and oxygen atoms in total. The SMILES string of the molecule is C=C(C)Cn1cnc2c(sc3nc(Cc4ccccc4)nc(C)c32)c1=O. The minimum absolute atomic E-state index is 0.0509. The van der Waals surface area contributed by atoms with E-state index in [2.05, 4.69) is 28.7 Å². The number of aryl methyl sites for hydroxylation is 1. The molecule has 4 rings (SSSR count). The number of aromatic nitrogens is 4. The van der Waals surface area contributed by atoms with Gasteiger partial charge in [0.15, 0.2) is 0 Å². The van der Waals surface area contributed by atoms with Crippen molar-refractivity contribution in [2.75, 3.05) is 0 Å². The molecule has 0 unspecified atom stereocenters. The Morgan fingerprint density at radius 2 is 2.00 bits per heavy atom. The van der Waals surface area contributed by atoms with Crippen LogP contribution in [0.4, 0.5) is 0 Å². The number of allylic oxidation sites excluding steroid dienone is 1. The summed E-state index contributed by atoms with van der Waals surface area (Å²) in [5.74, 6) is 0.759. The Morgan fingerprint density at radius 1 is 1.23 bits per heavy atom. The zero-order chi connectivity index (χ0) is 18.3. The summed E-state index contributed by atoms with van der Waals surface area (Å²) in [7, 11) is 0. The Kier molecular flexibility index (Phi) is 4.12. The van der Waals surface area contributed by atoms with Gasteiger partial charge in [-0.3, -0.25) is 9.36 Å². The summed E-state index contributed by atoms with van der Waals surface area (Å²) in [5, 5.41) is 0.876. The molecule has 0 amide bonds. The number of hydrogen-bond acceptors (Lipinski definition) is 5. The highest BCUT2D eigenvalue weighted by Gasteiger charge is 2.16. The van der Waals surface area contributed by atoms with Crippen molar-refractivity contribution in [1.82, 2.24) is 19.5 Å². The molecule has 0 saturated carbocycles. The molecule has 1 aromatic carbocycles. The van der Waals surface area contributed by atoms with E-state index in [4.69, 9.17) is 4.98 Å². The van der Waals surface area contributed by atoms with Crippen LogP contribution >= 0.6 is 11.3 Å². The molecule has 130 valence electrons. The van der Waals surface area contributed by atoms with Gasteiger partial charge in [0.1, 0.15) is 15.4 Å². The number of rotatable bonds is 4. The molecular weight excluding hydrogens is 344 g/mol. The second-order valence-corrected chi connectivity index (χ2v) is 7.48. The molecule has 6 heteroatoms. The molecule has 0 atom stereocenters. The maximum Gasteiger partial charge on any atom is 0.271 e. The zero-order valence-electron chi connectivity index (χ0n) is 14.7. The van der Waals surface area contributed by atoms with Crippen LogP contribution < -0.4 is 5.56 Å². The fraction of sp³-hybridized carbons (Fsp3) is 0.200. The van der Waals surface area contributed by atoms with Crippen LogP contribution in [0.3, 0.4) is 0 Å². The normalized spacial score (nSPS) is 11.3. The van der Waals surface area contributed by atoms with E-state index >= 15 is 0 Å². The van der Waals surface area contributed by atoms with Crippen molar-refractivity contribution in [3.8, 4) is 0 Å². The third kappa shape index (κ3) is 2.93. The van der Waals surface area contributed by atoms with Crippen molar-refractivity contribution in [2.24, 2.45) is 0 Å². The summed E-state index contributed by atoms with van der Waals surface area (Å²) in [6.07, 6.45) is 2.25. The van der Waals surface area contributed by atoms with Crippen LogP contribution in [0, 0.1) is 6.92 Å². The van der Waals surface area contributed by atoms with Crippen LogP contribution in [0.15, 0.2) is 53.6 Å². The number of benzene rings is 1. The van der Waals surface area contributed by atoms with Gasteiger partial charge in [0.05, 0.1) is 22.9 Å². The number of fused-ring (bicyclic) bond motifs is 3. The van der Waals surface area contributed by atoms with E-state index < -0.39 is 0 Å². The Morgan fingerprint density at radius 3 is 2.73 bits per heavy atom. The van der Waals surface area contributed by atoms with Crippen molar-refractivity contribution in [2.45, 2.75) is 26.8 Å². The lowest BCUT2D eigenvalue weighted by molar-refractivity contribution is 0.740. The second-order valence-electron chi connectivity index (χ2n) is 6.48. The molecule has 0 aliphatic heterocycles. The lowest BCUT2D eigenvalue weighted by Crippen LogP contribution is -2.19. The van der Waals surface area contributed by atoms with E-state index in [0.717, 1.165) is 32.9 Å². The average Bonchev–Trinajstić information content (AvgIpc) is 2.98. The maximum atomic E-state index is 12.8. The van der Waals surface area contributed by atoms with Crippen molar-refractivity contribution in [3.63, 3.8) is 0 Å². The number of hydrogen-bond donors (Lipinski definition) is 0. The summed E-state index contributed by atoms with van der Waals surface area (Å²) in [5.41, 5.74) is 3.57. The summed E-state index contributed by atoms with van der Waals surface area (Å²) in [6.45, 7) is 8.19. The van der Waals surface area contributed by atoms with Gasteiger partial charge in [-0.1, -0.05) is 42.5 Å². The molecule has 4 aromatic rings. The molecule has 3 aromatic heterocycles. The smallest absolute Gasteiger partial charge is 0.271 e. The lowest BCUT2D eigenvalue weighted by Gasteiger charge is -2.04. The Labute approximate surface area is 154 Å². The minimum Gasteiger partial charge on any atom is -0.294 e. The van der Waals surface area contributed by atoms with Crippen molar-refractivity contribution in [3.05, 3.63) is 76.2 Å². The van der Waals surface area contributed by atoms with Gasteiger partial charge < -0.3 is 0 Å². The van der Waals surface area contributed by atoms with Gasteiger partial charge in [0.2, 0.25) is 0 Å². The highest BCUT2D eigenvalue weighted by atomic mass is 32.1. The first-order chi connectivity index (χ1) is 12.5. The first-order valence-corrected chi connectivity index (χ1v) is 9.18. The largest absolute Gasteiger partial charge is 0.294 e. The zero-order valence-corrected chi connectivity index (χ0v) is 15.5. The van der Waals surface area contributed by atoms with Gasteiger partial charge in [-0.25, -0.2) is 15.0 Å². The van der Waals surface area contributed by atoms with E-state index in [-0.39, 0.29) is 5.56 Å². The summed E-state index contributed by atoms with van der Waals surface area (Å²) in [4.78, 5) is 27.4. The standard InChI is InChI=1S/C20H18N4OS/c1-12(2)10-24-11-21-17-16-13(3)22-15(9-14-7-5-4-6-8-14)23-19(16)26-18(17)20(24)25/h4-8,11H,1,9-10H2,2-3H3. The molecule has 0 radical (unpaired) electrons. The van der Waals surface area contributed by atoms with Crippen molar-refractivity contribution >= 4 is 31.8 Å². The first-order valence-electron chi connectivity index (χ1n) is 8.36. The van der Waals surface area contributed by atoms with E-state index in [1.807, 2.05) is 32.0 Å². The van der Waals surface area contributed by atoms with Gasteiger partial charge in [-0.05, 0) is 19.4 Å². The van der Waals surface area contributed by atoms with E-state index in [1.54, 1.807) is 10.9 Å². The first kappa shape index (κ1) is 16.6. The van der Waals surface area contributed by atoms with Crippen LogP contribution in [0.2, 0.25) is 0 Å². The van der Waals surface area contributed by atoms with E-state index in [0.29, 0.717) is 23.2 Å². The average molecular weight is 362 g/mol. The fourth-order valence-electron chi connectivity index (χ4n) is 3.05. The molecule has 0 saturated heterocycles. The molecule has 0 fully saturated rings. The molecule has 0 bridgehead atoms. The van der Waals surface area contributed by atoms with Gasteiger partial charge in [0, 0.05) is 13.0 Å². The maximum absolute atomic E-state index is 12.8. The Balaban J connectivity index is 1.86.